The Balaban J connectivity index is 1.62. The third-order valence-corrected chi connectivity index (χ3v) is 6.31. The lowest BCUT2D eigenvalue weighted by molar-refractivity contribution is -0.166. The van der Waals surface area contributed by atoms with E-state index in [1.54, 1.807) is 0 Å². The van der Waals surface area contributed by atoms with Crippen molar-refractivity contribution in [2.45, 2.75) is 109 Å². The molecule has 2 rings (SSSR count). The molecular formula is C26H43NO3. The number of aliphatic hydroxyl groups is 1. The fourth-order valence-corrected chi connectivity index (χ4v) is 4.44. The fraction of sp³-hybridized carbons (Fsp3) is 0.731. The second kappa shape index (κ2) is 14.6. The van der Waals surface area contributed by atoms with Crippen molar-refractivity contribution in [3.63, 3.8) is 0 Å². The first kappa shape index (κ1) is 24.9. The predicted octanol–water partition coefficient (Wildman–Crippen LogP) is 5.87. The number of aliphatic hydroxyl groups excluding tert-OH is 1. The Morgan fingerprint density at radius 1 is 0.967 bits per heavy atom. The first-order valence-electron chi connectivity index (χ1n) is 12.3. The number of piperidine rings is 1. The van der Waals surface area contributed by atoms with E-state index in [0.717, 1.165) is 44.3 Å². The molecule has 1 atom stereocenters. The molecule has 2 N–H and O–H groups in total. The number of benzene rings is 1. The standard InChI is InChI=1S/C26H43NO3/c1-2-3-4-5-6-7-8-9-10-14-17-24(28)22-25(29)30-26(18-20-27-21-19-26)23-15-12-11-13-16-23/h11-13,15-16,24,27-28H,2-10,14,17-22H2,1H3. The number of nitrogens with one attached hydrogen (secondary N) is 1. The number of carbonyl (C=O) groups is 1. The smallest absolute Gasteiger partial charge is 0.309 e. The molecule has 0 aromatic heterocycles. The molecule has 0 bridgehead atoms. The van der Waals surface area contributed by atoms with E-state index in [0.29, 0.717) is 6.42 Å². The lowest BCUT2D eigenvalue weighted by atomic mass is 9.84. The summed E-state index contributed by atoms with van der Waals surface area (Å²) in [6, 6.07) is 10.0. The molecule has 1 aromatic rings. The Morgan fingerprint density at radius 2 is 1.53 bits per heavy atom. The van der Waals surface area contributed by atoms with Gasteiger partial charge in [-0.05, 0) is 25.1 Å². The van der Waals surface area contributed by atoms with Gasteiger partial charge in [0, 0.05) is 12.8 Å². The quantitative estimate of drug-likeness (QED) is 0.277. The Kier molecular flexibility index (Phi) is 12.1. The molecule has 0 saturated carbocycles. The van der Waals surface area contributed by atoms with Gasteiger partial charge < -0.3 is 15.2 Å². The van der Waals surface area contributed by atoms with Crippen LogP contribution in [0, 0.1) is 0 Å². The minimum Gasteiger partial charge on any atom is -0.454 e. The predicted molar refractivity (Wildman–Crippen MR) is 123 cm³/mol. The number of hydrogen-bond acceptors (Lipinski definition) is 4. The summed E-state index contributed by atoms with van der Waals surface area (Å²) in [5.41, 5.74) is 0.504. The van der Waals surface area contributed by atoms with Crippen LogP contribution in [0.1, 0.15) is 102 Å². The van der Waals surface area contributed by atoms with Crippen molar-refractivity contribution in [3.05, 3.63) is 35.9 Å². The van der Waals surface area contributed by atoms with E-state index in [9.17, 15) is 9.90 Å². The van der Waals surface area contributed by atoms with Crippen molar-refractivity contribution in [3.8, 4) is 0 Å². The molecule has 0 spiro atoms. The van der Waals surface area contributed by atoms with E-state index in [1.807, 2.05) is 30.3 Å². The van der Waals surface area contributed by atoms with Crippen LogP contribution in [0.2, 0.25) is 0 Å². The van der Waals surface area contributed by atoms with Crippen molar-refractivity contribution in [2.75, 3.05) is 13.1 Å². The monoisotopic (exact) mass is 417 g/mol. The summed E-state index contributed by atoms with van der Waals surface area (Å²) in [6.45, 7) is 3.93. The topological polar surface area (TPSA) is 58.6 Å². The van der Waals surface area contributed by atoms with Crippen LogP contribution in [0.5, 0.6) is 0 Å². The third-order valence-electron chi connectivity index (χ3n) is 6.31. The van der Waals surface area contributed by atoms with E-state index in [2.05, 4.69) is 12.2 Å². The number of unbranched alkanes of at least 4 members (excludes halogenated alkanes) is 9. The minimum absolute atomic E-state index is 0.0967. The Hall–Kier alpha value is -1.39. The van der Waals surface area contributed by atoms with Crippen LogP contribution < -0.4 is 5.32 Å². The number of hydrogen-bond donors (Lipinski definition) is 2. The zero-order valence-electron chi connectivity index (χ0n) is 19.0. The van der Waals surface area contributed by atoms with Gasteiger partial charge in [-0.1, -0.05) is 101 Å². The molecule has 0 aliphatic carbocycles. The number of rotatable bonds is 15. The number of esters is 1. The van der Waals surface area contributed by atoms with Gasteiger partial charge in [-0.3, -0.25) is 4.79 Å². The molecular weight excluding hydrogens is 374 g/mol. The van der Waals surface area contributed by atoms with Gasteiger partial charge in [0.25, 0.3) is 0 Å². The molecule has 1 aliphatic rings. The molecule has 170 valence electrons. The van der Waals surface area contributed by atoms with Gasteiger partial charge in [0.05, 0.1) is 12.5 Å². The second-order valence-electron chi connectivity index (χ2n) is 8.91. The largest absolute Gasteiger partial charge is 0.454 e. The SMILES string of the molecule is CCCCCCCCCCCCC(O)CC(=O)OC1(c2ccccc2)CCNCC1. The molecule has 1 fully saturated rings. The van der Waals surface area contributed by atoms with Crippen molar-refractivity contribution in [1.29, 1.82) is 0 Å². The Morgan fingerprint density at radius 3 is 2.13 bits per heavy atom. The van der Waals surface area contributed by atoms with Crippen LogP contribution in [0.4, 0.5) is 0 Å². The summed E-state index contributed by atoms with van der Waals surface area (Å²) in [5, 5.41) is 13.7. The van der Waals surface area contributed by atoms with Crippen LogP contribution in [0.25, 0.3) is 0 Å². The highest BCUT2D eigenvalue weighted by molar-refractivity contribution is 5.70. The maximum absolute atomic E-state index is 12.6. The van der Waals surface area contributed by atoms with Crippen LogP contribution in [-0.4, -0.2) is 30.3 Å². The number of ether oxygens (including phenoxy) is 1. The molecule has 1 aliphatic heterocycles. The average molecular weight is 418 g/mol. The maximum Gasteiger partial charge on any atom is 0.309 e. The summed E-state index contributed by atoms with van der Waals surface area (Å²) in [4.78, 5) is 12.6. The van der Waals surface area contributed by atoms with Crippen LogP contribution in [-0.2, 0) is 15.1 Å². The van der Waals surface area contributed by atoms with Crippen molar-refractivity contribution < 1.29 is 14.6 Å². The molecule has 1 saturated heterocycles. The summed E-state index contributed by atoms with van der Waals surface area (Å²) in [5.74, 6) is -0.277. The van der Waals surface area contributed by atoms with Crippen LogP contribution >= 0.6 is 0 Å². The second-order valence-corrected chi connectivity index (χ2v) is 8.91. The van der Waals surface area contributed by atoms with Gasteiger partial charge in [0.1, 0.15) is 5.60 Å². The molecule has 0 amide bonds. The van der Waals surface area contributed by atoms with E-state index in [-0.39, 0.29) is 12.4 Å². The first-order valence-corrected chi connectivity index (χ1v) is 12.3. The van der Waals surface area contributed by atoms with Crippen LogP contribution in [0.15, 0.2) is 30.3 Å². The Labute approximate surface area is 183 Å². The van der Waals surface area contributed by atoms with Crippen molar-refractivity contribution >= 4 is 5.97 Å². The highest BCUT2D eigenvalue weighted by atomic mass is 16.6. The van der Waals surface area contributed by atoms with Gasteiger partial charge in [0.2, 0.25) is 0 Å². The molecule has 1 heterocycles. The van der Waals surface area contributed by atoms with Gasteiger partial charge in [0.15, 0.2) is 0 Å². The summed E-state index contributed by atoms with van der Waals surface area (Å²) in [7, 11) is 0. The van der Waals surface area contributed by atoms with E-state index >= 15 is 0 Å². The minimum atomic E-state index is -0.596. The average Bonchev–Trinajstić information content (AvgIpc) is 2.76. The van der Waals surface area contributed by atoms with Crippen molar-refractivity contribution in [2.24, 2.45) is 0 Å². The normalized spacial score (nSPS) is 16.9. The van der Waals surface area contributed by atoms with E-state index in [1.165, 1.54) is 51.4 Å². The molecule has 0 radical (unpaired) electrons. The molecule has 30 heavy (non-hydrogen) atoms. The molecule has 4 nitrogen and oxygen atoms in total. The number of carbonyl (C=O) groups excluding carboxylic acids is 1. The van der Waals surface area contributed by atoms with Gasteiger partial charge in [-0.15, -0.1) is 0 Å². The van der Waals surface area contributed by atoms with Crippen molar-refractivity contribution in [1.82, 2.24) is 5.32 Å². The zero-order chi connectivity index (χ0) is 21.5. The maximum atomic E-state index is 12.6. The summed E-state index contributed by atoms with van der Waals surface area (Å²) >= 11 is 0. The summed E-state index contributed by atoms with van der Waals surface area (Å²) in [6.07, 6.45) is 14.5. The Bertz CT molecular complexity index is 569. The fourth-order valence-electron chi connectivity index (χ4n) is 4.44. The molecule has 4 heteroatoms. The van der Waals surface area contributed by atoms with Gasteiger partial charge in [-0.2, -0.15) is 0 Å². The van der Waals surface area contributed by atoms with Gasteiger partial charge in [-0.25, -0.2) is 0 Å². The lowest BCUT2D eigenvalue weighted by Crippen LogP contribution is -2.43. The third kappa shape index (κ3) is 9.18. The molecule has 1 unspecified atom stereocenters. The van der Waals surface area contributed by atoms with E-state index in [4.69, 9.17) is 4.74 Å². The zero-order valence-corrected chi connectivity index (χ0v) is 19.0. The lowest BCUT2D eigenvalue weighted by Gasteiger charge is -2.37. The highest BCUT2D eigenvalue weighted by Gasteiger charge is 2.37. The highest BCUT2D eigenvalue weighted by Crippen LogP contribution is 2.35. The molecule has 1 aromatic carbocycles. The first-order chi connectivity index (χ1) is 14.7. The van der Waals surface area contributed by atoms with E-state index < -0.39 is 11.7 Å². The summed E-state index contributed by atoms with van der Waals surface area (Å²) < 4.78 is 6.00. The van der Waals surface area contributed by atoms with Gasteiger partial charge >= 0.3 is 5.97 Å². The van der Waals surface area contributed by atoms with Crippen LogP contribution in [0.3, 0.4) is 0 Å².